The van der Waals surface area contributed by atoms with E-state index in [0.717, 1.165) is 11.1 Å². The van der Waals surface area contributed by atoms with Gasteiger partial charge in [0.15, 0.2) is 5.96 Å². The number of benzene rings is 3. The fourth-order valence-corrected chi connectivity index (χ4v) is 3.33. The zero-order valence-electron chi connectivity index (χ0n) is 17.3. The van der Waals surface area contributed by atoms with Crippen molar-refractivity contribution >= 4 is 5.96 Å². The maximum absolute atomic E-state index is 14.8. The molecule has 1 atom stereocenters. The van der Waals surface area contributed by atoms with Gasteiger partial charge in [-0.1, -0.05) is 48.5 Å². The number of ether oxygens (including phenoxy) is 1. The predicted molar refractivity (Wildman–Crippen MR) is 117 cm³/mol. The molecule has 5 nitrogen and oxygen atoms in total. The summed E-state index contributed by atoms with van der Waals surface area (Å²) in [5.41, 5.74) is 2.00. The minimum Gasteiger partial charge on any atom is -0.497 e. The molecule has 0 aliphatic rings. The molecule has 3 rings (SSSR count). The second-order valence-corrected chi connectivity index (χ2v) is 7.23. The number of guanidine groups is 1. The molecule has 156 valence electrons. The van der Waals surface area contributed by atoms with Gasteiger partial charge in [-0.2, -0.15) is 0 Å². The lowest BCUT2D eigenvalue weighted by Crippen LogP contribution is -2.50. The Balaban J connectivity index is 2.13. The molecule has 3 aromatic rings. The zero-order valence-corrected chi connectivity index (χ0v) is 17.3. The number of nitrogens with one attached hydrogen (secondary N) is 2. The predicted octanol–water partition coefficient (Wildman–Crippen LogP) is 4.17. The summed E-state index contributed by atoms with van der Waals surface area (Å²) in [6.45, 7) is 1.64. The lowest BCUT2D eigenvalue weighted by molar-refractivity contribution is 0.185. The first-order valence-corrected chi connectivity index (χ1v) is 9.57. The van der Waals surface area contributed by atoms with Crippen molar-refractivity contribution in [2.45, 2.75) is 12.5 Å². The highest BCUT2D eigenvalue weighted by molar-refractivity contribution is 5.78. The highest BCUT2D eigenvalue weighted by Crippen LogP contribution is 2.34. The Morgan fingerprint density at radius 2 is 1.80 bits per heavy atom. The van der Waals surface area contributed by atoms with Crippen molar-refractivity contribution in [2.75, 3.05) is 20.9 Å². The third-order valence-electron chi connectivity index (χ3n) is 5.24. The van der Waals surface area contributed by atoms with Gasteiger partial charge in [0.1, 0.15) is 18.3 Å². The second-order valence-electron chi connectivity index (χ2n) is 7.23. The largest absolute Gasteiger partial charge is 0.497 e. The molecule has 0 heterocycles. The number of hydrogen-bond acceptors (Lipinski definition) is 3. The molecule has 3 N–H and O–H groups in total. The molecular weight excluding hydrogens is 381 g/mol. The molecule has 0 aliphatic heterocycles. The molecule has 0 amide bonds. The number of rotatable bonds is 6. The Labute approximate surface area is 176 Å². The van der Waals surface area contributed by atoms with Crippen LogP contribution in [0, 0.1) is 11.2 Å². The first kappa shape index (κ1) is 21.3. The monoisotopic (exact) mass is 407 g/mol. The van der Waals surface area contributed by atoms with E-state index in [0.29, 0.717) is 16.9 Å². The van der Waals surface area contributed by atoms with E-state index in [1.54, 1.807) is 32.4 Å². The molecule has 0 saturated heterocycles. The van der Waals surface area contributed by atoms with Crippen LogP contribution in [-0.4, -0.2) is 36.9 Å². The summed E-state index contributed by atoms with van der Waals surface area (Å²) in [4.78, 5) is 1.38. The van der Waals surface area contributed by atoms with Crippen LogP contribution in [0.1, 0.15) is 18.1 Å². The minimum absolute atomic E-state index is 0.0520. The molecule has 3 aromatic carbocycles. The van der Waals surface area contributed by atoms with Gasteiger partial charge in [-0.05, 0) is 47.9 Å². The average Bonchev–Trinajstić information content (AvgIpc) is 2.79. The lowest BCUT2D eigenvalue weighted by atomic mass is 9.83. The Morgan fingerprint density at radius 3 is 2.47 bits per heavy atom. The highest BCUT2D eigenvalue weighted by atomic mass is 19.1. The van der Waals surface area contributed by atoms with Crippen molar-refractivity contribution < 1.29 is 14.2 Å². The third-order valence-corrected chi connectivity index (χ3v) is 5.24. The SMILES string of the molecule is COc1cccc(-c2cc(C(C)(NC(=N)N(C)CO)c3ccccc3)ccc2F)c1. The van der Waals surface area contributed by atoms with E-state index in [-0.39, 0.29) is 18.5 Å². The molecule has 0 aliphatic carbocycles. The lowest BCUT2D eigenvalue weighted by Gasteiger charge is -2.35. The normalized spacial score (nSPS) is 12.7. The summed E-state index contributed by atoms with van der Waals surface area (Å²) in [6.07, 6.45) is 0. The number of halogens is 1. The van der Waals surface area contributed by atoms with Crippen LogP contribution >= 0.6 is 0 Å². The van der Waals surface area contributed by atoms with E-state index in [1.807, 2.05) is 55.5 Å². The molecule has 0 bridgehead atoms. The summed E-state index contributed by atoms with van der Waals surface area (Å²) in [6, 6.07) is 21.9. The van der Waals surface area contributed by atoms with E-state index in [4.69, 9.17) is 10.1 Å². The van der Waals surface area contributed by atoms with Gasteiger partial charge in [-0.3, -0.25) is 5.41 Å². The van der Waals surface area contributed by atoms with Crippen molar-refractivity contribution in [1.29, 1.82) is 5.41 Å². The third kappa shape index (κ3) is 4.28. The van der Waals surface area contributed by atoms with Crippen LogP contribution in [0.2, 0.25) is 0 Å². The number of hydrogen-bond donors (Lipinski definition) is 3. The average molecular weight is 407 g/mol. The van der Waals surface area contributed by atoms with E-state index in [1.165, 1.54) is 11.0 Å². The van der Waals surface area contributed by atoms with Crippen molar-refractivity contribution in [3.05, 3.63) is 89.7 Å². The van der Waals surface area contributed by atoms with Gasteiger partial charge in [0.05, 0.1) is 12.6 Å². The molecule has 0 saturated carbocycles. The fraction of sp³-hybridized carbons (Fsp3) is 0.208. The van der Waals surface area contributed by atoms with Crippen LogP contribution in [0.5, 0.6) is 5.75 Å². The van der Waals surface area contributed by atoms with Crippen molar-refractivity contribution in [3.63, 3.8) is 0 Å². The molecule has 0 fully saturated rings. The van der Waals surface area contributed by atoms with Gasteiger partial charge < -0.3 is 20.1 Å². The molecule has 30 heavy (non-hydrogen) atoms. The summed E-state index contributed by atoms with van der Waals surface area (Å²) in [5, 5.41) is 20.9. The number of aliphatic hydroxyl groups is 1. The van der Waals surface area contributed by atoms with Crippen LogP contribution in [0.3, 0.4) is 0 Å². The van der Waals surface area contributed by atoms with Gasteiger partial charge in [0.25, 0.3) is 0 Å². The molecular formula is C24H26FN3O2. The summed E-state index contributed by atoms with van der Waals surface area (Å²) < 4.78 is 20.1. The number of nitrogens with zero attached hydrogens (tertiary/aromatic N) is 1. The quantitative estimate of drug-likeness (QED) is 0.326. The van der Waals surface area contributed by atoms with Crippen molar-refractivity contribution in [2.24, 2.45) is 0 Å². The van der Waals surface area contributed by atoms with Crippen molar-refractivity contribution in [3.8, 4) is 16.9 Å². The minimum atomic E-state index is -0.830. The van der Waals surface area contributed by atoms with E-state index in [9.17, 15) is 9.50 Å². The summed E-state index contributed by atoms with van der Waals surface area (Å²) in [5.74, 6) is 0.355. The molecule has 0 aromatic heterocycles. The Bertz CT molecular complexity index is 1030. The van der Waals surface area contributed by atoms with E-state index < -0.39 is 5.54 Å². The summed E-state index contributed by atoms with van der Waals surface area (Å²) >= 11 is 0. The van der Waals surface area contributed by atoms with Gasteiger partial charge in [0.2, 0.25) is 0 Å². The van der Waals surface area contributed by atoms with Gasteiger partial charge in [0, 0.05) is 12.6 Å². The molecule has 0 radical (unpaired) electrons. The second kappa shape index (κ2) is 8.97. The highest BCUT2D eigenvalue weighted by Gasteiger charge is 2.31. The first-order chi connectivity index (χ1) is 14.4. The summed E-state index contributed by atoms with van der Waals surface area (Å²) in [7, 11) is 3.19. The number of methoxy groups -OCH3 is 1. The molecule has 6 heteroatoms. The van der Waals surface area contributed by atoms with E-state index >= 15 is 0 Å². The standard InChI is InChI=1S/C24H26FN3O2/c1-24(18-9-5-4-6-10-18,27-23(26)28(2)16-29)19-12-13-22(25)21(15-19)17-8-7-11-20(14-17)30-3/h4-15,29H,16H2,1-3H3,(H2,26,27). The topological polar surface area (TPSA) is 68.6 Å². The Hall–Kier alpha value is -3.38. The number of aliphatic hydroxyl groups excluding tert-OH is 1. The van der Waals surface area contributed by atoms with Crippen LogP contribution in [0.4, 0.5) is 4.39 Å². The van der Waals surface area contributed by atoms with Crippen LogP contribution < -0.4 is 10.1 Å². The first-order valence-electron chi connectivity index (χ1n) is 9.57. The maximum Gasteiger partial charge on any atom is 0.193 e. The Kier molecular flexibility index (Phi) is 6.37. The van der Waals surface area contributed by atoms with Crippen LogP contribution in [0.25, 0.3) is 11.1 Å². The molecule has 1 unspecified atom stereocenters. The van der Waals surface area contributed by atoms with Gasteiger partial charge in [-0.15, -0.1) is 0 Å². The maximum atomic E-state index is 14.8. The van der Waals surface area contributed by atoms with Crippen molar-refractivity contribution in [1.82, 2.24) is 10.2 Å². The molecule has 0 spiro atoms. The van der Waals surface area contributed by atoms with Gasteiger partial charge >= 0.3 is 0 Å². The van der Waals surface area contributed by atoms with E-state index in [2.05, 4.69) is 5.32 Å². The fourth-order valence-electron chi connectivity index (χ4n) is 3.33. The van der Waals surface area contributed by atoms with Crippen LogP contribution in [-0.2, 0) is 5.54 Å². The Morgan fingerprint density at radius 1 is 1.07 bits per heavy atom. The van der Waals surface area contributed by atoms with Gasteiger partial charge in [-0.25, -0.2) is 4.39 Å². The smallest absolute Gasteiger partial charge is 0.193 e. The zero-order chi connectivity index (χ0) is 21.7. The van der Waals surface area contributed by atoms with Crippen LogP contribution in [0.15, 0.2) is 72.8 Å².